The molecule has 0 aliphatic carbocycles. The maximum atomic E-state index is 13.2. The van der Waals surface area contributed by atoms with Gasteiger partial charge in [0.25, 0.3) is 5.91 Å². The number of aromatic nitrogens is 6. The molecule has 0 atom stereocenters. The fourth-order valence-electron chi connectivity index (χ4n) is 3.58. The largest absolute Gasteiger partial charge is 0.417 e. The quantitative estimate of drug-likeness (QED) is 0.382. The molecule has 0 saturated heterocycles. The average molecular weight is 540 g/mol. The molecule has 0 aliphatic heterocycles. The molecule has 1 N–H and O–H groups in total. The van der Waals surface area contributed by atoms with Gasteiger partial charge in [0.15, 0.2) is 26.2 Å². The summed E-state index contributed by atoms with van der Waals surface area (Å²) in [7, 11) is -2.52. The number of hydrogen-bond donors (Lipinski definition) is 1. The van der Waals surface area contributed by atoms with Crippen LogP contribution in [0.5, 0.6) is 0 Å². The molecule has 0 aliphatic rings. The van der Waals surface area contributed by atoms with Gasteiger partial charge in [0.05, 0.1) is 16.9 Å². The highest BCUT2D eigenvalue weighted by molar-refractivity contribution is 7.91. The molecule has 0 saturated carbocycles. The Morgan fingerprint density at radius 1 is 1.14 bits per heavy atom. The zero-order valence-corrected chi connectivity index (χ0v) is 21.6. The topological polar surface area (TPSA) is 133 Å². The number of carbonyl (C=O) groups excluding carboxylic acids is 1. The Hall–Kier alpha value is -3.59. The van der Waals surface area contributed by atoms with Crippen LogP contribution in [0.15, 0.2) is 23.5 Å². The van der Waals surface area contributed by atoms with Crippen molar-refractivity contribution in [2.75, 3.05) is 5.75 Å². The fraction of sp³-hybridized carbons (Fsp3) is 0.409. The van der Waals surface area contributed by atoms with Crippen LogP contribution in [0, 0.1) is 6.92 Å². The van der Waals surface area contributed by atoms with Gasteiger partial charge in [0.2, 0.25) is 0 Å². The molecule has 0 radical (unpaired) electrons. The monoisotopic (exact) mass is 539 g/mol. The van der Waals surface area contributed by atoms with Gasteiger partial charge < -0.3 is 4.57 Å². The van der Waals surface area contributed by atoms with Crippen molar-refractivity contribution >= 4 is 32.6 Å². The minimum absolute atomic E-state index is 0.0301. The number of sulfone groups is 1. The number of fused-ring (bicyclic) bond motifs is 2. The minimum atomic E-state index is -4.64. The van der Waals surface area contributed by atoms with Gasteiger partial charge in [-0.05, 0) is 39.3 Å². The summed E-state index contributed by atoms with van der Waals surface area (Å²) in [5, 5.41) is 3.80. The highest BCUT2D eigenvalue weighted by Crippen LogP contribution is 2.35. The van der Waals surface area contributed by atoms with Crippen molar-refractivity contribution in [3.05, 3.63) is 35.3 Å². The van der Waals surface area contributed by atoms with E-state index in [1.165, 1.54) is 24.7 Å². The molecule has 0 fully saturated rings. The van der Waals surface area contributed by atoms with Crippen molar-refractivity contribution in [2.24, 2.45) is 7.05 Å². The van der Waals surface area contributed by atoms with Crippen LogP contribution in [0.25, 0.3) is 28.2 Å². The van der Waals surface area contributed by atoms with Crippen molar-refractivity contribution in [1.29, 1.82) is 0 Å². The number of aryl methyl sites for hydroxylation is 2. The highest BCUT2D eigenvalue weighted by Gasteiger charge is 2.34. The lowest BCUT2D eigenvalue weighted by Crippen LogP contribution is -2.35. The van der Waals surface area contributed by atoms with Crippen LogP contribution in [-0.2, 0) is 27.9 Å². The molecule has 4 heterocycles. The number of amides is 1. The number of pyridine rings is 1. The molecule has 4 rings (SSSR count). The summed E-state index contributed by atoms with van der Waals surface area (Å²) >= 11 is 0. The van der Waals surface area contributed by atoms with Gasteiger partial charge >= 0.3 is 6.18 Å². The molecule has 0 unspecified atom stereocenters. The Morgan fingerprint density at radius 3 is 2.38 bits per heavy atom. The van der Waals surface area contributed by atoms with Crippen LogP contribution in [0.2, 0.25) is 0 Å². The first-order valence-electron chi connectivity index (χ1n) is 11.0. The Morgan fingerprint density at radius 2 is 1.78 bits per heavy atom. The third-order valence-corrected chi connectivity index (χ3v) is 7.03. The number of halogens is 3. The molecule has 4 aromatic heterocycles. The highest BCUT2D eigenvalue weighted by atomic mass is 32.2. The standard InChI is InChI=1S/C22H24F3N7O4S/c1-7-37(34,35)20-14(18-28-13-8-12(22(23,24)25)10-27-16(13)31(18)6)17-26-9-11(2)15(32(17)29-20)19(33)30-36-21(3,4)5/h8-10H,7H2,1-6H3,(H,30,33). The van der Waals surface area contributed by atoms with E-state index in [-0.39, 0.29) is 39.6 Å². The van der Waals surface area contributed by atoms with Crippen LogP contribution in [0.1, 0.15) is 49.3 Å². The lowest BCUT2D eigenvalue weighted by molar-refractivity contribution is -0.137. The Balaban J connectivity index is 2.02. The first-order chi connectivity index (χ1) is 17.0. The number of alkyl halides is 3. The zero-order valence-electron chi connectivity index (χ0n) is 20.8. The second-order valence-electron chi connectivity index (χ2n) is 9.31. The fourth-order valence-corrected chi connectivity index (χ4v) is 4.55. The first-order valence-corrected chi connectivity index (χ1v) is 12.7. The Labute approximate surface area is 209 Å². The van der Waals surface area contributed by atoms with Crippen molar-refractivity contribution in [3.63, 3.8) is 0 Å². The van der Waals surface area contributed by atoms with Crippen LogP contribution in [-0.4, -0.2) is 54.8 Å². The van der Waals surface area contributed by atoms with Gasteiger partial charge in [-0.15, -0.1) is 0 Å². The molecule has 198 valence electrons. The lowest BCUT2D eigenvalue weighted by atomic mass is 10.2. The predicted octanol–water partition coefficient (Wildman–Crippen LogP) is 3.26. The van der Waals surface area contributed by atoms with Crippen molar-refractivity contribution in [1.82, 2.24) is 34.6 Å². The van der Waals surface area contributed by atoms with Crippen LogP contribution >= 0.6 is 0 Å². The third kappa shape index (κ3) is 4.75. The minimum Gasteiger partial charge on any atom is -0.312 e. The summed E-state index contributed by atoms with van der Waals surface area (Å²) in [5.74, 6) is -1.06. The number of hydrogen-bond acceptors (Lipinski definition) is 8. The maximum absolute atomic E-state index is 13.2. The smallest absolute Gasteiger partial charge is 0.312 e. The molecule has 0 bridgehead atoms. The van der Waals surface area contributed by atoms with E-state index < -0.39 is 38.1 Å². The number of imidazole rings is 1. The van der Waals surface area contributed by atoms with Gasteiger partial charge in [-0.3, -0.25) is 9.63 Å². The van der Waals surface area contributed by atoms with E-state index in [0.717, 1.165) is 10.6 Å². The lowest BCUT2D eigenvalue weighted by Gasteiger charge is -2.19. The van der Waals surface area contributed by atoms with E-state index in [1.54, 1.807) is 27.7 Å². The normalized spacial score (nSPS) is 13.0. The molecule has 4 aromatic rings. The SMILES string of the molecule is CCS(=O)(=O)c1nn2c(C(=O)NOC(C)(C)C)c(C)cnc2c1-c1nc2cc(C(F)(F)F)cnc2n1C. The summed E-state index contributed by atoms with van der Waals surface area (Å²) in [6, 6.07) is 0.825. The van der Waals surface area contributed by atoms with Crippen LogP contribution in [0.3, 0.4) is 0 Å². The second-order valence-corrected chi connectivity index (χ2v) is 11.5. The number of rotatable bonds is 5. The average Bonchev–Trinajstić information content (AvgIpc) is 3.34. The number of nitrogens with one attached hydrogen (secondary N) is 1. The van der Waals surface area contributed by atoms with E-state index in [9.17, 15) is 26.4 Å². The van der Waals surface area contributed by atoms with Crippen molar-refractivity contribution in [3.8, 4) is 11.4 Å². The summed E-state index contributed by atoms with van der Waals surface area (Å²) < 4.78 is 68.3. The molecule has 37 heavy (non-hydrogen) atoms. The van der Waals surface area contributed by atoms with Crippen molar-refractivity contribution < 1.29 is 31.2 Å². The molecular formula is C22H24F3N7O4S. The maximum Gasteiger partial charge on any atom is 0.417 e. The molecule has 11 nitrogen and oxygen atoms in total. The second kappa shape index (κ2) is 8.76. The third-order valence-electron chi connectivity index (χ3n) is 5.39. The Bertz CT molecular complexity index is 1650. The van der Waals surface area contributed by atoms with E-state index in [2.05, 4.69) is 25.5 Å². The molecule has 0 aromatic carbocycles. The Kier molecular flexibility index (Phi) is 6.27. The van der Waals surface area contributed by atoms with E-state index in [1.807, 2.05) is 0 Å². The number of hydroxylamine groups is 1. The molecule has 1 amide bonds. The zero-order chi connectivity index (χ0) is 27.5. The molecule has 15 heteroatoms. The predicted molar refractivity (Wildman–Crippen MR) is 126 cm³/mol. The van der Waals surface area contributed by atoms with Gasteiger partial charge in [-0.2, -0.15) is 18.3 Å². The van der Waals surface area contributed by atoms with Gasteiger partial charge in [0, 0.05) is 19.4 Å². The summed E-state index contributed by atoms with van der Waals surface area (Å²) in [6.07, 6.45) is -2.61. The van der Waals surface area contributed by atoms with E-state index in [4.69, 9.17) is 4.84 Å². The van der Waals surface area contributed by atoms with Gasteiger partial charge in [-0.25, -0.2) is 33.4 Å². The van der Waals surface area contributed by atoms with E-state index in [0.29, 0.717) is 11.8 Å². The first kappa shape index (κ1) is 26.5. The van der Waals surface area contributed by atoms with Crippen LogP contribution in [0.4, 0.5) is 13.2 Å². The number of carbonyl (C=O) groups is 1. The van der Waals surface area contributed by atoms with Crippen molar-refractivity contribution in [2.45, 2.75) is 51.4 Å². The van der Waals surface area contributed by atoms with E-state index >= 15 is 0 Å². The van der Waals surface area contributed by atoms with Gasteiger partial charge in [-0.1, -0.05) is 6.92 Å². The summed E-state index contributed by atoms with van der Waals surface area (Å²) in [6.45, 7) is 8.18. The molecular weight excluding hydrogens is 515 g/mol. The van der Waals surface area contributed by atoms with Gasteiger partial charge in [0.1, 0.15) is 22.6 Å². The summed E-state index contributed by atoms with van der Waals surface area (Å²) in [4.78, 5) is 30.8. The van der Waals surface area contributed by atoms with Crippen LogP contribution < -0.4 is 5.48 Å². The summed E-state index contributed by atoms with van der Waals surface area (Å²) in [5.41, 5.74) is 0.839. The molecule has 0 spiro atoms. The number of nitrogens with zero attached hydrogens (tertiary/aromatic N) is 6.